The van der Waals surface area contributed by atoms with Gasteiger partial charge in [0, 0.05) is 17.3 Å². The van der Waals surface area contributed by atoms with Crippen LogP contribution in [-0.4, -0.2) is 75.5 Å². The average Bonchev–Trinajstić information content (AvgIpc) is 3.43. The number of hydrogen-bond acceptors (Lipinski definition) is 12. The van der Waals surface area contributed by atoms with Crippen LogP contribution in [-0.2, 0) is 28.4 Å². The quantitative estimate of drug-likeness (QED) is 0.0443. The largest absolute Gasteiger partial charge is 0.462 e. The molecule has 0 aliphatic heterocycles. The van der Waals surface area contributed by atoms with Gasteiger partial charge in [-0.3, -0.25) is 0 Å². The summed E-state index contributed by atoms with van der Waals surface area (Å²) in [6, 6.07) is 53.1. The fraction of sp³-hybridized carbons (Fsp3) is 0.300. The highest BCUT2D eigenvalue weighted by molar-refractivity contribution is 5.91. The van der Waals surface area contributed by atoms with E-state index >= 15 is 0 Å². The SMILES string of the molecule is CC(C)(COC(=O)c1ccccc1)COC(=O)c1ccccc1.CCCC(COC(=O)c1ccccc1)COC(=O)c1ccccc1.CCCCC(COC(=O)c1ccccc1)COC(=O)c1ccccc1. The molecule has 0 spiro atoms. The molecule has 0 radical (unpaired) electrons. The van der Waals surface area contributed by atoms with E-state index in [-0.39, 0.29) is 87.3 Å². The van der Waals surface area contributed by atoms with Gasteiger partial charge in [-0.15, -0.1) is 0 Å². The zero-order valence-corrected chi connectivity index (χ0v) is 41.7. The smallest absolute Gasteiger partial charge is 0.338 e. The minimum absolute atomic E-state index is 0.000254. The maximum atomic E-state index is 12.1. The third kappa shape index (κ3) is 21.8. The minimum Gasteiger partial charge on any atom is -0.462 e. The van der Waals surface area contributed by atoms with E-state index in [0.717, 1.165) is 32.1 Å². The van der Waals surface area contributed by atoms with Gasteiger partial charge in [0.1, 0.15) is 0 Å². The maximum absolute atomic E-state index is 12.1. The van der Waals surface area contributed by atoms with Gasteiger partial charge in [0.2, 0.25) is 0 Å². The van der Waals surface area contributed by atoms with Crippen LogP contribution in [0.15, 0.2) is 182 Å². The molecule has 6 aromatic carbocycles. The molecule has 0 amide bonds. The number of carbonyl (C=O) groups excluding carboxylic acids is 6. The molecular weight excluding hydrogens is 913 g/mol. The van der Waals surface area contributed by atoms with Crippen molar-refractivity contribution in [1.82, 2.24) is 0 Å². The average molecular weight is 979 g/mol. The van der Waals surface area contributed by atoms with Gasteiger partial charge in [-0.25, -0.2) is 28.8 Å². The molecule has 12 heteroatoms. The second-order valence-corrected chi connectivity index (χ2v) is 17.6. The molecule has 0 saturated carbocycles. The Morgan fingerprint density at radius 2 is 0.556 bits per heavy atom. The summed E-state index contributed by atoms with van der Waals surface area (Å²) in [6.45, 7) is 9.21. The fourth-order valence-corrected chi connectivity index (χ4v) is 6.61. The highest BCUT2D eigenvalue weighted by Gasteiger charge is 2.24. The van der Waals surface area contributed by atoms with E-state index in [4.69, 9.17) is 28.4 Å². The van der Waals surface area contributed by atoms with Crippen molar-refractivity contribution in [2.24, 2.45) is 17.3 Å². The second-order valence-electron chi connectivity index (χ2n) is 17.6. The number of ether oxygens (including phenoxy) is 6. The molecule has 6 rings (SSSR count). The lowest BCUT2D eigenvalue weighted by molar-refractivity contribution is 0.00599. The summed E-state index contributed by atoms with van der Waals surface area (Å²) in [5.74, 6) is -2.18. The van der Waals surface area contributed by atoms with Gasteiger partial charge in [-0.2, -0.15) is 0 Å². The Hall–Kier alpha value is -7.86. The first-order valence-electron chi connectivity index (χ1n) is 24.2. The first-order valence-corrected chi connectivity index (χ1v) is 24.2. The number of esters is 6. The van der Waals surface area contributed by atoms with Gasteiger partial charge in [-0.1, -0.05) is 156 Å². The molecule has 0 unspecified atom stereocenters. The molecule has 0 aliphatic carbocycles. The molecule has 6 aromatic rings. The van der Waals surface area contributed by atoms with E-state index in [1.807, 2.05) is 57.2 Å². The molecule has 0 aliphatic rings. The Kier molecular flexibility index (Phi) is 25.3. The zero-order chi connectivity index (χ0) is 51.8. The van der Waals surface area contributed by atoms with E-state index in [9.17, 15) is 28.8 Å². The van der Waals surface area contributed by atoms with Crippen LogP contribution in [0.2, 0.25) is 0 Å². The van der Waals surface area contributed by atoms with Crippen molar-refractivity contribution >= 4 is 35.8 Å². The van der Waals surface area contributed by atoms with Crippen molar-refractivity contribution in [3.63, 3.8) is 0 Å². The van der Waals surface area contributed by atoms with Crippen molar-refractivity contribution in [2.75, 3.05) is 39.6 Å². The fourth-order valence-electron chi connectivity index (χ4n) is 6.61. The summed E-state index contributed by atoms with van der Waals surface area (Å²) in [7, 11) is 0. The van der Waals surface area contributed by atoms with Gasteiger partial charge < -0.3 is 28.4 Å². The minimum atomic E-state index is -0.463. The first-order chi connectivity index (χ1) is 34.9. The van der Waals surface area contributed by atoms with Gasteiger partial charge in [0.25, 0.3) is 0 Å². The molecule has 12 nitrogen and oxygen atoms in total. The highest BCUT2D eigenvalue weighted by Crippen LogP contribution is 2.19. The number of benzene rings is 6. The second kappa shape index (κ2) is 32.1. The van der Waals surface area contributed by atoms with Crippen molar-refractivity contribution < 1.29 is 57.2 Å². The molecular formula is C60H66O12. The summed E-state index contributed by atoms with van der Waals surface area (Å²) in [5.41, 5.74) is 2.64. The van der Waals surface area contributed by atoms with Crippen molar-refractivity contribution in [2.45, 2.75) is 59.8 Å². The van der Waals surface area contributed by atoms with E-state index in [2.05, 4.69) is 6.92 Å². The van der Waals surface area contributed by atoms with E-state index in [1.165, 1.54) is 0 Å². The standard InChI is InChI=1S/C21H24O4.C20H22O4.C19H20O4/c1-2-3-10-17(15-24-20(22)18-11-6-4-7-12-18)16-25-21(23)19-13-8-5-9-14-19;1-2-9-16(14-23-19(21)17-10-5-3-6-11-17)15-24-20(22)18-12-7-4-8-13-18;1-19(2,13-22-17(20)15-9-5-3-6-10-15)14-23-18(21)16-11-7-4-8-12-16/h4-9,11-14,17H,2-3,10,15-16H2,1H3;3-8,10-13,16H,2,9,14-15H2,1H3;3-12H,13-14H2,1-2H3. The molecule has 0 aromatic heterocycles. The third-order valence-corrected chi connectivity index (χ3v) is 10.7. The maximum Gasteiger partial charge on any atom is 0.338 e. The summed E-state index contributed by atoms with van der Waals surface area (Å²) < 4.78 is 32.1. The lowest BCUT2D eigenvalue weighted by Gasteiger charge is -2.23. The monoisotopic (exact) mass is 978 g/mol. The predicted molar refractivity (Wildman–Crippen MR) is 276 cm³/mol. The topological polar surface area (TPSA) is 158 Å². The Balaban J connectivity index is 0.000000235. The Labute approximate surface area is 423 Å². The van der Waals surface area contributed by atoms with Gasteiger partial charge in [0.05, 0.1) is 73.0 Å². The summed E-state index contributed by atoms with van der Waals surface area (Å²) >= 11 is 0. The summed E-state index contributed by atoms with van der Waals surface area (Å²) in [4.78, 5) is 71.9. The molecule has 0 atom stereocenters. The first kappa shape index (κ1) is 56.7. The van der Waals surface area contributed by atoms with Crippen LogP contribution in [0.1, 0.15) is 122 Å². The number of rotatable bonds is 23. The van der Waals surface area contributed by atoms with Gasteiger partial charge in [0.15, 0.2) is 0 Å². The van der Waals surface area contributed by atoms with E-state index in [1.54, 1.807) is 146 Å². The predicted octanol–water partition coefficient (Wildman–Crippen LogP) is 12.4. The molecule has 0 N–H and O–H groups in total. The molecule has 0 saturated heterocycles. The molecule has 378 valence electrons. The summed E-state index contributed by atoms with van der Waals surface area (Å²) in [5, 5.41) is 0. The van der Waals surface area contributed by atoms with Gasteiger partial charge in [-0.05, 0) is 85.6 Å². The van der Waals surface area contributed by atoms with E-state index < -0.39 is 5.41 Å². The molecule has 0 fully saturated rings. The Bertz CT molecular complexity index is 2330. The molecule has 72 heavy (non-hydrogen) atoms. The Morgan fingerprint density at radius 3 is 0.778 bits per heavy atom. The van der Waals surface area contributed by atoms with Crippen molar-refractivity contribution in [3.05, 3.63) is 215 Å². The number of hydrogen-bond donors (Lipinski definition) is 0. The van der Waals surface area contributed by atoms with Crippen LogP contribution >= 0.6 is 0 Å². The van der Waals surface area contributed by atoms with Gasteiger partial charge >= 0.3 is 35.8 Å². The summed E-state index contributed by atoms with van der Waals surface area (Å²) in [6.07, 6.45) is 4.63. The van der Waals surface area contributed by atoms with Crippen LogP contribution in [0.3, 0.4) is 0 Å². The van der Waals surface area contributed by atoms with Crippen molar-refractivity contribution in [3.8, 4) is 0 Å². The number of unbranched alkanes of at least 4 members (excludes halogenated alkanes) is 1. The highest BCUT2D eigenvalue weighted by atomic mass is 16.6. The lowest BCUT2D eigenvalue weighted by Crippen LogP contribution is -2.28. The molecule has 0 heterocycles. The van der Waals surface area contributed by atoms with Crippen molar-refractivity contribution in [1.29, 1.82) is 0 Å². The number of carbonyl (C=O) groups is 6. The Morgan fingerprint density at radius 1 is 0.333 bits per heavy atom. The van der Waals surface area contributed by atoms with Crippen LogP contribution in [0.5, 0.6) is 0 Å². The van der Waals surface area contributed by atoms with E-state index in [0.29, 0.717) is 33.4 Å². The normalized spacial score (nSPS) is 10.6. The lowest BCUT2D eigenvalue weighted by atomic mass is 9.96. The van der Waals surface area contributed by atoms with Crippen LogP contribution in [0.4, 0.5) is 0 Å². The van der Waals surface area contributed by atoms with Crippen LogP contribution < -0.4 is 0 Å². The zero-order valence-electron chi connectivity index (χ0n) is 41.7. The third-order valence-electron chi connectivity index (χ3n) is 10.7. The van der Waals surface area contributed by atoms with Crippen LogP contribution in [0, 0.1) is 17.3 Å². The van der Waals surface area contributed by atoms with Crippen LogP contribution in [0.25, 0.3) is 0 Å². The molecule has 0 bridgehead atoms.